The lowest BCUT2D eigenvalue weighted by Gasteiger charge is -2.22. The van der Waals surface area contributed by atoms with E-state index in [1.807, 2.05) is 59.5 Å². The van der Waals surface area contributed by atoms with E-state index in [-0.39, 0.29) is 18.4 Å². The molecule has 0 atom stereocenters. The number of benzene rings is 2. The first-order chi connectivity index (χ1) is 14.7. The number of aromatic nitrogens is 2. The first kappa shape index (κ1) is 19.8. The average molecular weight is 406 g/mol. The Kier molecular flexibility index (Phi) is 6.12. The van der Waals surface area contributed by atoms with E-state index in [1.54, 1.807) is 0 Å². The molecule has 0 spiro atoms. The van der Waals surface area contributed by atoms with Gasteiger partial charge in [0.05, 0.1) is 11.0 Å². The molecule has 1 aliphatic heterocycles. The van der Waals surface area contributed by atoms with Gasteiger partial charge < -0.3 is 25.4 Å². The van der Waals surface area contributed by atoms with Crippen LogP contribution in [0, 0.1) is 0 Å². The summed E-state index contributed by atoms with van der Waals surface area (Å²) in [4.78, 5) is 36.6. The first-order valence-electron chi connectivity index (χ1n) is 10.3. The molecule has 4 rings (SSSR count). The Labute approximate surface area is 175 Å². The molecule has 0 saturated carbocycles. The number of carbonyl (C=O) groups excluding carboxylic acids is 2. The SMILES string of the molecule is O=C(NCCC(=O)N1CCCN(c2nc3ccccc3[nH]2)CC1)Nc1ccccc1. The third-order valence-corrected chi connectivity index (χ3v) is 5.18. The van der Waals surface area contributed by atoms with Crippen LogP contribution in [0.5, 0.6) is 0 Å². The van der Waals surface area contributed by atoms with E-state index in [2.05, 4.69) is 25.5 Å². The number of aromatic amines is 1. The van der Waals surface area contributed by atoms with Crippen LogP contribution in [0.4, 0.5) is 16.4 Å². The van der Waals surface area contributed by atoms with Crippen LogP contribution in [0.15, 0.2) is 54.6 Å². The van der Waals surface area contributed by atoms with Gasteiger partial charge in [0.15, 0.2) is 0 Å². The van der Waals surface area contributed by atoms with Gasteiger partial charge in [0.2, 0.25) is 11.9 Å². The van der Waals surface area contributed by atoms with Crippen LogP contribution in [-0.2, 0) is 4.79 Å². The van der Waals surface area contributed by atoms with Gasteiger partial charge in [0.25, 0.3) is 0 Å². The standard InChI is InChI=1S/C22H26N6O2/c29-20(11-12-23-22(30)24-17-7-2-1-3-8-17)27-13-6-14-28(16-15-27)21-25-18-9-4-5-10-19(18)26-21/h1-5,7-10H,6,11-16H2,(H,25,26)(H2,23,24,30). The second-order valence-corrected chi connectivity index (χ2v) is 7.30. The minimum atomic E-state index is -0.305. The molecular weight excluding hydrogens is 380 g/mol. The van der Waals surface area contributed by atoms with Crippen LogP contribution >= 0.6 is 0 Å². The second kappa shape index (κ2) is 9.30. The van der Waals surface area contributed by atoms with E-state index in [0.717, 1.165) is 42.2 Å². The molecule has 2 aromatic carbocycles. The molecule has 156 valence electrons. The minimum Gasteiger partial charge on any atom is -0.341 e. The molecule has 0 bridgehead atoms. The third-order valence-electron chi connectivity index (χ3n) is 5.18. The molecule has 1 aliphatic rings. The molecule has 8 nitrogen and oxygen atoms in total. The Morgan fingerprint density at radius 1 is 0.967 bits per heavy atom. The number of nitrogens with zero attached hydrogens (tertiary/aromatic N) is 3. The Bertz CT molecular complexity index is 970. The molecule has 1 fully saturated rings. The van der Waals surface area contributed by atoms with Crippen LogP contribution in [0.1, 0.15) is 12.8 Å². The van der Waals surface area contributed by atoms with Gasteiger partial charge in [0, 0.05) is 44.8 Å². The molecule has 2 heterocycles. The summed E-state index contributed by atoms with van der Waals surface area (Å²) in [7, 11) is 0. The Morgan fingerprint density at radius 2 is 1.77 bits per heavy atom. The number of hydrogen-bond acceptors (Lipinski definition) is 4. The summed E-state index contributed by atoms with van der Waals surface area (Å²) in [6.45, 7) is 3.24. The molecular formula is C22H26N6O2. The number of hydrogen-bond donors (Lipinski definition) is 3. The number of amides is 3. The largest absolute Gasteiger partial charge is 0.341 e. The average Bonchev–Trinajstić information content (AvgIpc) is 3.03. The van der Waals surface area contributed by atoms with E-state index in [0.29, 0.717) is 19.6 Å². The topological polar surface area (TPSA) is 93.4 Å². The number of H-pyrrole nitrogens is 1. The predicted octanol–water partition coefficient (Wildman–Crippen LogP) is 2.81. The number of imidazole rings is 1. The molecule has 3 amide bonds. The number of rotatable bonds is 5. The van der Waals surface area contributed by atoms with Crippen LogP contribution in [-0.4, -0.2) is 59.5 Å². The van der Waals surface area contributed by atoms with E-state index in [1.165, 1.54) is 0 Å². The highest BCUT2D eigenvalue weighted by molar-refractivity contribution is 5.89. The number of carbonyl (C=O) groups is 2. The third kappa shape index (κ3) is 4.89. The Hall–Kier alpha value is -3.55. The zero-order valence-electron chi connectivity index (χ0n) is 16.8. The monoisotopic (exact) mass is 406 g/mol. The smallest absolute Gasteiger partial charge is 0.319 e. The van der Waals surface area contributed by atoms with Crippen LogP contribution in [0.2, 0.25) is 0 Å². The molecule has 3 N–H and O–H groups in total. The summed E-state index contributed by atoms with van der Waals surface area (Å²) in [5.74, 6) is 0.909. The van der Waals surface area contributed by atoms with Crippen molar-refractivity contribution in [2.24, 2.45) is 0 Å². The van der Waals surface area contributed by atoms with Crippen molar-refractivity contribution in [3.8, 4) is 0 Å². The zero-order valence-corrected chi connectivity index (χ0v) is 16.8. The molecule has 0 aliphatic carbocycles. The number of nitrogens with one attached hydrogen (secondary N) is 3. The quantitative estimate of drug-likeness (QED) is 0.607. The molecule has 0 unspecified atom stereocenters. The fraction of sp³-hybridized carbons (Fsp3) is 0.318. The maximum Gasteiger partial charge on any atom is 0.319 e. The van der Waals surface area contributed by atoms with Crippen LogP contribution in [0.3, 0.4) is 0 Å². The van der Waals surface area contributed by atoms with Gasteiger partial charge in [-0.25, -0.2) is 9.78 Å². The summed E-state index contributed by atoms with van der Waals surface area (Å²) in [6.07, 6.45) is 1.16. The molecule has 0 radical (unpaired) electrons. The van der Waals surface area contributed by atoms with Gasteiger partial charge in [-0.1, -0.05) is 30.3 Å². The Balaban J connectivity index is 1.23. The Morgan fingerprint density at radius 3 is 2.60 bits per heavy atom. The lowest BCUT2D eigenvalue weighted by Crippen LogP contribution is -2.38. The van der Waals surface area contributed by atoms with Gasteiger partial charge >= 0.3 is 6.03 Å². The highest BCUT2D eigenvalue weighted by Gasteiger charge is 2.20. The summed E-state index contributed by atoms with van der Waals surface area (Å²) in [6, 6.07) is 16.9. The number of urea groups is 1. The van der Waals surface area contributed by atoms with Crippen molar-refractivity contribution in [3.05, 3.63) is 54.6 Å². The lowest BCUT2D eigenvalue weighted by atomic mass is 10.3. The van der Waals surface area contributed by atoms with Crippen molar-refractivity contribution in [2.75, 3.05) is 42.9 Å². The summed E-state index contributed by atoms with van der Waals surface area (Å²) in [5.41, 5.74) is 2.69. The summed E-state index contributed by atoms with van der Waals surface area (Å²) >= 11 is 0. The van der Waals surface area contributed by atoms with E-state index in [4.69, 9.17) is 0 Å². The summed E-state index contributed by atoms with van der Waals surface area (Å²) < 4.78 is 0. The van der Waals surface area contributed by atoms with E-state index < -0.39 is 0 Å². The van der Waals surface area contributed by atoms with E-state index in [9.17, 15) is 9.59 Å². The summed E-state index contributed by atoms with van der Waals surface area (Å²) in [5, 5.41) is 5.49. The molecule has 30 heavy (non-hydrogen) atoms. The fourth-order valence-electron chi connectivity index (χ4n) is 3.61. The van der Waals surface area contributed by atoms with Crippen molar-refractivity contribution >= 4 is 34.6 Å². The van der Waals surface area contributed by atoms with Crippen molar-refractivity contribution in [1.82, 2.24) is 20.2 Å². The normalized spacial score (nSPS) is 14.4. The second-order valence-electron chi connectivity index (χ2n) is 7.30. The lowest BCUT2D eigenvalue weighted by molar-refractivity contribution is -0.130. The maximum atomic E-state index is 12.6. The van der Waals surface area contributed by atoms with Gasteiger partial charge in [-0.05, 0) is 30.7 Å². The molecule has 3 aromatic rings. The molecule has 1 aromatic heterocycles. The van der Waals surface area contributed by atoms with Crippen molar-refractivity contribution in [2.45, 2.75) is 12.8 Å². The molecule has 8 heteroatoms. The number of para-hydroxylation sites is 3. The highest BCUT2D eigenvalue weighted by Crippen LogP contribution is 2.18. The van der Waals surface area contributed by atoms with Crippen molar-refractivity contribution < 1.29 is 9.59 Å². The first-order valence-corrected chi connectivity index (χ1v) is 10.3. The number of fused-ring (bicyclic) bond motifs is 1. The van der Waals surface area contributed by atoms with Crippen molar-refractivity contribution in [1.29, 1.82) is 0 Å². The van der Waals surface area contributed by atoms with Crippen molar-refractivity contribution in [3.63, 3.8) is 0 Å². The fourth-order valence-corrected chi connectivity index (χ4v) is 3.61. The number of anilines is 2. The van der Waals surface area contributed by atoms with Gasteiger partial charge in [-0.15, -0.1) is 0 Å². The van der Waals surface area contributed by atoms with E-state index >= 15 is 0 Å². The minimum absolute atomic E-state index is 0.0569. The molecule has 1 saturated heterocycles. The van der Waals surface area contributed by atoms with Crippen LogP contribution < -0.4 is 15.5 Å². The van der Waals surface area contributed by atoms with Crippen LogP contribution in [0.25, 0.3) is 11.0 Å². The highest BCUT2D eigenvalue weighted by atomic mass is 16.2. The predicted molar refractivity (Wildman–Crippen MR) is 118 cm³/mol. The zero-order chi connectivity index (χ0) is 20.8. The maximum absolute atomic E-state index is 12.6. The van der Waals surface area contributed by atoms with Gasteiger partial charge in [-0.2, -0.15) is 0 Å². The van der Waals surface area contributed by atoms with Gasteiger partial charge in [0.1, 0.15) is 0 Å². The van der Waals surface area contributed by atoms with Gasteiger partial charge in [-0.3, -0.25) is 4.79 Å².